The van der Waals surface area contributed by atoms with Crippen molar-refractivity contribution in [2.24, 2.45) is 5.92 Å². The summed E-state index contributed by atoms with van der Waals surface area (Å²) in [5, 5.41) is 0. The summed E-state index contributed by atoms with van der Waals surface area (Å²) in [6, 6.07) is 3.36. The number of rotatable bonds is 1. The molecule has 2 heteroatoms. The fraction of sp³-hybridized carbons (Fsp3) is 0.429. The van der Waals surface area contributed by atoms with Crippen LogP contribution < -0.4 is 0 Å². The maximum Gasteiger partial charge on any atom is 0.162 e. The van der Waals surface area contributed by atoms with Gasteiger partial charge in [-0.2, -0.15) is 0 Å². The van der Waals surface area contributed by atoms with Crippen molar-refractivity contribution < 1.29 is 8.78 Å². The van der Waals surface area contributed by atoms with Gasteiger partial charge >= 0.3 is 0 Å². The van der Waals surface area contributed by atoms with Crippen LogP contribution >= 0.6 is 0 Å². The van der Waals surface area contributed by atoms with Gasteiger partial charge in [0.1, 0.15) is 0 Å². The van der Waals surface area contributed by atoms with E-state index in [0.717, 1.165) is 12.8 Å². The van der Waals surface area contributed by atoms with E-state index in [1.165, 1.54) is 0 Å². The molecular weight excluding hydrogens is 206 g/mol. The Morgan fingerprint density at radius 3 is 2.44 bits per heavy atom. The first kappa shape index (κ1) is 11.3. The zero-order valence-corrected chi connectivity index (χ0v) is 9.63. The molecule has 0 saturated carbocycles. The van der Waals surface area contributed by atoms with Crippen LogP contribution in [0, 0.1) is 24.5 Å². The molecule has 0 fully saturated rings. The van der Waals surface area contributed by atoms with Crippen molar-refractivity contribution in [1.29, 1.82) is 0 Å². The number of halogens is 2. The fourth-order valence-electron chi connectivity index (χ4n) is 2.17. The summed E-state index contributed by atoms with van der Waals surface area (Å²) in [5.41, 5.74) is 0.862. The van der Waals surface area contributed by atoms with Gasteiger partial charge in [-0.1, -0.05) is 31.2 Å². The first-order valence-electron chi connectivity index (χ1n) is 5.72. The van der Waals surface area contributed by atoms with Gasteiger partial charge in [0.2, 0.25) is 0 Å². The predicted molar refractivity (Wildman–Crippen MR) is 61.4 cm³/mol. The van der Waals surface area contributed by atoms with E-state index in [-0.39, 0.29) is 5.92 Å². The Hall–Kier alpha value is -1.18. The molecule has 0 spiro atoms. The van der Waals surface area contributed by atoms with E-state index in [2.05, 4.69) is 13.0 Å². The Labute approximate surface area is 95.0 Å². The molecule has 1 aromatic rings. The third-order valence-electron chi connectivity index (χ3n) is 3.31. The molecule has 0 aliphatic heterocycles. The maximum atomic E-state index is 13.7. The average molecular weight is 222 g/mol. The lowest BCUT2D eigenvalue weighted by Gasteiger charge is -2.21. The van der Waals surface area contributed by atoms with Crippen molar-refractivity contribution in [3.63, 3.8) is 0 Å². The molecule has 1 aliphatic rings. The van der Waals surface area contributed by atoms with Crippen molar-refractivity contribution >= 4 is 0 Å². The van der Waals surface area contributed by atoms with E-state index in [0.29, 0.717) is 17.0 Å². The molecular formula is C14H16F2. The number of hydrogen-bond acceptors (Lipinski definition) is 0. The lowest BCUT2D eigenvalue weighted by Crippen LogP contribution is -2.08. The summed E-state index contributed by atoms with van der Waals surface area (Å²) < 4.78 is 27.2. The number of allylic oxidation sites excluding steroid dienone is 2. The van der Waals surface area contributed by atoms with Gasteiger partial charge < -0.3 is 0 Å². The Bertz CT molecular complexity index is 421. The molecule has 2 unspecified atom stereocenters. The van der Waals surface area contributed by atoms with Crippen molar-refractivity contribution in [1.82, 2.24) is 0 Å². The molecule has 0 aromatic heterocycles. The summed E-state index contributed by atoms with van der Waals surface area (Å²) in [5.74, 6) is -0.797. The first-order valence-corrected chi connectivity index (χ1v) is 5.72. The second kappa shape index (κ2) is 4.36. The van der Waals surface area contributed by atoms with Crippen molar-refractivity contribution in [2.75, 3.05) is 0 Å². The highest BCUT2D eigenvalue weighted by atomic mass is 19.2. The van der Waals surface area contributed by atoms with E-state index < -0.39 is 11.6 Å². The SMILES string of the molecule is Cc1ccc(C2C=CC(C)CC2)c(F)c1F. The van der Waals surface area contributed by atoms with Crippen LogP contribution in [0.4, 0.5) is 8.78 Å². The lowest BCUT2D eigenvalue weighted by molar-refractivity contribution is 0.474. The Morgan fingerprint density at radius 2 is 1.81 bits per heavy atom. The minimum Gasteiger partial charge on any atom is -0.203 e. The quantitative estimate of drug-likeness (QED) is 0.620. The molecule has 2 atom stereocenters. The normalized spacial score (nSPS) is 24.8. The van der Waals surface area contributed by atoms with Gasteiger partial charge in [-0.3, -0.25) is 0 Å². The van der Waals surface area contributed by atoms with E-state index >= 15 is 0 Å². The zero-order chi connectivity index (χ0) is 11.7. The van der Waals surface area contributed by atoms with Crippen LogP contribution in [0.15, 0.2) is 24.3 Å². The molecule has 0 nitrogen and oxygen atoms in total. The lowest BCUT2D eigenvalue weighted by atomic mass is 9.84. The molecule has 0 N–H and O–H groups in total. The number of aryl methyl sites for hydroxylation is 1. The summed E-state index contributed by atoms with van der Waals surface area (Å²) >= 11 is 0. The molecule has 1 aromatic carbocycles. The summed E-state index contributed by atoms with van der Waals surface area (Å²) in [7, 11) is 0. The van der Waals surface area contributed by atoms with Crippen LogP contribution in [0.2, 0.25) is 0 Å². The molecule has 0 heterocycles. The Balaban J connectivity index is 2.35. The van der Waals surface area contributed by atoms with Gasteiger partial charge in [0.25, 0.3) is 0 Å². The van der Waals surface area contributed by atoms with Gasteiger partial charge in [-0.25, -0.2) is 8.78 Å². The molecule has 86 valence electrons. The maximum absolute atomic E-state index is 13.7. The second-order valence-electron chi connectivity index (χ2n) is 4.65. The topological polar surface area (TPSA) is 0 Å². The van der Waals surface area contributed by atoms with E-state index in [1.807, 2.05) is 6.08 Å². The van der Waals surface area contributed by atoms with Crippen LogP contribution in [0.3, 0.4) is 0 Å². The van der Waals surface area contributed by atoms with E-state index in [1.54, 1.807) is 19.1 Å². The molecule has 2 rings (SSSR count). The van der Waals surface area contributed by atoms with Crippen molar-refractivity contribution in [2.45, 2.75) is 32.6 Å². The van der Waals surface area contributed by atoms with E-state index in [9.17, 15) is 8.78 Å². The van der Waals surface area contributed by atoms with Gasteiger partial charge in [-0.15, -0.1) is 0 Å². The van der Waals surface area contributed by atoms with E-state index in [4.69, 9.17) is 0 Å². The number of hydrogen-bond donors (Lipinski definition) is 0. The van der Waals surface area contributed by atoms with Crippen molar-refractivity contribution in [3.8, 4) is 0 Å². The van der Waals surface area contributed by atoms with Crippen LogP contribution in [0.1, 0.15) is 36.8 Å². The summed E-state index contributed by atoms with van der Waals surface area (Å²) in [6.07, 6.45) is 6.03. The van der Waals surface area contributed by atoms with Crippen LogP contribution in [-0.2, 0) is 0 Å². The predicted octanol–water partition coefficient (Wildman–Crippen LogP) is 4.34. The molecule has 0 radical (unpaired) electrons. The van der Waals surface area contributed by atoms with Crippen LogP contribution in [0.25, 0.3) is 0 Å². The average Bonchev–Trinajstić information content (AvgIpc) is 2.28. The Kier molecular flexibility index (Phi) is 3.08. The third-order valence-corrected chi connectivity index (χ3v) is 3.31. The highest BCUT2D eigenvalue weighted by molar-refractivity contribution is 5.31. The highest BCUT2D eigenvalue weighted by Gasteiger charge is 2.20. The molecule has 0 saturated heterocycles. The largest absolute Gasteiger partial charge is 0.203 e. The Morgan fingerprint density at radius 1 is 1.06 bits per heavy atom. The molecule has 0 bridgehead atoms. The minimum atomic E-state index is -0.704. The van der Waals surface area contributed by atoms with Crippen LogP contribution in [0.5, 0.6) is 0 Å². The van der Waals surface area contributed by atoms with Crippen molar-refractivity contribution in [3.05, 3.63) is 47.0 Å². The first-order chi connectivity index (χ1) is 7.59. The third kappa shape index (κ3) is 2.01. The highest BCUT2D eigenvalue weighted by Crippen LogP contribution is 2.32. The minimum absolute atomic E-state index is 0.0336. The molecule has 1 aliphatic carbocycles. The second-order valence-corrected chi connectivity index (χ2v) is 4.65. The molecule has 0 amide bonds. The molecule has 16 heavy (non-hydrogen) atoms. The summed E-state index contributed by atoms with van der Waals surface area (Å²) in [6.45, 7) is 3.72. The summed E-state index contributed by atoms with van der Waals surface area (Å²) in [4.78, 5) is 0. The zero-order valence-electron chi connectivity index (χ0n) is 9.63. The fourth-order valence-corrected chi connectivity index (χ4v) is 2.17. The van der Waals surface area contributed by atoms with Gasteiger partial charge in [0.05, 0.1) is 0 Å². The van der Waals surface area contributed by atoms with Gasteiger partial charge in [0, 0.05) is 5.92 Å². The smallest absolute Gasteiger partial charge is 0.162 e. The standard InChI is InChI=1S/C14H16F2/c1-9-3-6-11(7-4-9)12-8-5-10(2)13(15)14(12)16/h3,5-6,8-9,11H,4,7H2,1-2H3. The van der Waals surface area contributed by atoms with Gasteiger partial charge in [-0.05, 0) is 36.8 Å². The monoisotopic (exact) mass is 222 g/mol. The number of benzene rings is 1. The van der Waals surface area contributed by atoms with Crippen LogP contribution in [-0.4, -0.2) is 0 Å². The van der Waals surface area contributed by atoms with Gasteiger partial charge in [0.15, 0.2) is 11.6 Å².